The first-order valence-corrected chi connectivity index (χ1v) is 11.0. The van der Waals surface area contributed by atoms with Crippen LogP contribution in [-0.2, 0) is 6.54 Å². The summed E-state index contributed by atoms with van der Waals surface area (Å²) in [5, 5.41) is 12.4. The number of halogens is 2. The van der Waals surface area contributed by atoms with Crippen molar-refractivity contribution < 1.29 is 0 Å². The fraction of sp³-hybridized carbons (Fsp3) is 0.571. The third-order valence-corrected chi connectivity index (χ3v) is 5.97. The van der Waals surface area contributed by atoms with Crippen molar-refractivity contribution in [1.29, 1.82) is 0 Å². The SMILES string of the molecule is CCNC(=NCc1ccn(C2CCCC2)n1)NC1CCN(c2ncccc2Cl)C1.I. The van der Waals surface area contributed by atoms with E-state index >= 15 is 0 Å². The van der Waals surface area contributed by atoms with Gasteiger partial charge in [0.05, 0.1) is 23.3 Å². The lowest BCUT2D eigenvalue weighted by Gasteiger charge is -2.20. The second-order valence-corrected chi connectivity index (χ2v) is 8.21. The van der Waals surface area contributed by atoms with E-state index in [0.29, 0.717) is 23.7 Å². The molecule has 7 nitrogen and oxygen atoms in total. The van der Waals surface area contributed by atoms with Crippen LogP contribution in [0.1, 0.15) is 50.8 Å². The highest BCUT2D eigenvalue weighted by Crippen LogP contribution is 2.29. The number of guanidine groups is 1. The van der Waals surface area contributed by atoms with E-state index in [9.17, 15) is 0 Å². The summed E-state index contributed by atoms with van der Waals surface area (Å²) in [7, 11) is 0. The van der Waals surface area contributed by atoms with Crippen LogP contribution in [0.3, 0.4) is 0 Å². The minimum absolute atomic E-state index is 0. The molecule has 1 saturated carbocycles. The Hall–Kier alpha value is -1.55. The molecule has 9 heteroatoms. The van der Waals surface area contributed by atoms with E-state index in [-0.39, 0.29) is 24.0 Å². The Morgan fingerprint density at radius 3 is 2.87 bits per heavy atom. The van der Waals surface area contributed by atoms with Gasteiger partial charge in [-0.15, -0.1) is 24.0 Å². The summed E-state index contributed by atoms with van der Waals surface area (Å²) < 4.78 is 2.13. The van der Waals surface area contributed by atoms with Crippen molar-refractivity contribution in [3.63, 3.8) is 0 Å². The lowest BCUT2D eigenvalue weighted by molar-refractivity contribution is 0.463. The second-order valence-electron chi connectivity index (χ2n) is 7.81. The number of aliphatic imine (C=N–C) groups is 1. The van der Waals surface area contributed by atoms with Crippen molar-refractivity contribution in [2.45, 2.75) is 57.7 Å². The summed E-state index contributed by atoms with van der Waals surface area (Å²) in [6.07, 6.45) is 10.0. The Labute approximate surface area is 200 Å². The number of nitrogens with zero attached hydrogens (tertiary/aromatic N) is 5. The van der Waals surface area contributed by atoms with Gasteiger partial charge in [-0.1, -0.05) is 24.4 Å². The van der Waals surface area contributed by atoms with Crippen LogP contribution in [0, 0.1) is 0 Å². The first-order chi connectivity index (χ1) is 14.2. The molecule has 1 atom stereocenters. The number of pyridine rings is 1. The first kappa shape index (κ1) is 23.1. The maximum absolute atomic E-state index is 6.30. The van der Waals surface area contributed by atoms with E-state index in [0.717, 1.165) is 43.5 Å². The van der Waals surface area contributed by atoms with Crippen LogP contribution in [-0.4, -0.2) is 46.4 Å². The molecule has 0 radical (unpaired) electrons. The maximum Gasteiger partial charge on any atom is 0.191 e. The van der Waals surface area contributed by atoms with Crippen molar-refractivity contribution in [3.05, 3.63) is 41.3 Å². The fourth-order valence-corrected chi connectivity index (χ4v) is 4.43. The fourth-order valence-electron chi connectivity index (χ4n) is 4.19. The van der Waals surface area contributed by atoms with E-state index in [4.69, 9.17) is 21.7 Å². The van der Waals surface area contributed by atoms with E-state index in [1.165, 1.54) is 25.7 Å². The topological polar surface area (TPSA) is 70.4 Å². The van der Waals surface area contributed by atoms with Crippen molar-refractivity contribution in [1.82, 2.24) is 25.4 Å². The first-order valence-electron chi connectivity index (χ1n) is 10.7. The van der Waals surface area contributed by atoms with Crippen LogP contribution < -0.4 is 15.5 Å². The molecule has 0 spiro atoms. The number of anilines is 1. The van der Waals surface area contributed by atoms with Crippen molar-refractivity contribution in [2.75, 3.05) is 24.5 Å². The summed E-state index contributed by atoms with van der Waals surface area (Å²) in [6, 6.07) is 6.72. The van der Waals surface area contributed by atoms with Crippen LogP contribution in [0.5, 0.6) is 0 Å². The molecule has 0 aromatic carbocycles. The predicted octanol–water partition coefficient (Wildman–Crippen LogP) is 4.00. The average Bonchev–Trinajstić information content (AvgIpc) is 3.48. The quantitative estimate of drug-likeness (QED) is 0.327. The number of aromatic nitrogens is 3. The standard InChI is InChI=1S/C21H30ClN7.HI/c1-2-23-21(25-14-16-10-13-29(27-16)18-6-3-4-7-18)26-17-9-12-28(15-17)20-19(22)8-5-11-24-20;/h5,8,10-11,13,17-18H,2-4,6-7,9,12,14-15H2,1H3,(H2,23,25,26);1H. The lowest BCUT2D eigenvalue weighted by Crippen LogP contribution is -2.44. The maximum atomic E-state index is 6.30. The van der Waals surface area contributed by atoms with Gasteiger partial charge in [0.2, 0.25) is 0 Å². The summed E-state index contributed by atoms with van der Waals surface area (Å²) >= 11 is 6.30. The smallest absolute Gasteiger partial charge is 0.191 e. The average molecular weight is 544 g/mol. The molecular formula is C21H31ClIN7. The molecule has 164 valence electrons. The summed E-state index contributed by atoms with van der Waals surface area (Å²) in [5.74, 6) is 1.69. The number of rotatable bonds is 6. The molecule has 2 aromatic heterocycles. The van der Waals surface area contributed by atoms with Crippen LogP contribution >= 0.6 is 35.6 Å². The molecule has 1 unspecified atom stereocenters. The molecule has 2 aromatic rings. The molecular weight excluding hydrogens is 513 g/mol. The molecule has 3 heterocycles. The third-order valence-electron chi connectivity index (χ3n) is 5.67. The second kappa shape index (κ2) is 11.2. The van der Waals surface area contributed by atoms with Gasteiger partial charge < -0.3 is 15.5 Å². The minimum atomic E-state index is 0. The lowest BCUT2D eigenvalue weighted by atomic mass is 10.3. The molecule has 2 fully saturated rings. The number of hydrogen-bond acceptors (Lipinski definition) is 4. The van der Waals surface area contributed by atoms with Gasteiger partial charge in [-0.25, -0.2) is 9.98 Å². The normalized spacial score (nSPS) is 19.7. The predicted molar refractivity (Wildman–Crippen MR) is 133 cm³/mol. The molecule has 1 saturated heterocycles. The Morgan fingerprint density at radius 2 is 2.10 bits per heavy atom. The van der Waals surface area contributed by atoms with Gasteiger partial charge >= 0.3 is 0 Å². The summed E-state index contributed by atoms with van der Waals surface area (Å²) in [6.45, 7) is 5.28. The Bertz CT molecular complexity index is 834. The van der Waals surface area contributed by atoms with E-state index in [2.05, 4.69) is 44.4 Å². The Balaban J connectivity index is 0.00000256. The number of hydrogen-bond donors (Lipinski definition) is 2. The molecule has 1 aliphatic heterocycles. The van der Waals surface area contributed by atoms with Gasteiger partial charge in [0, 0.05) is 38.1 Å². The van der Waals surface area contributed by atoms with Crippen LogP contribution in [0.15, 0.2) is 35.6 Å². The largest absolute Gasteiger partial charge is 0.357 e. The Kier molecular flexibility index (Phi) is 8.61. The highest BCUT2D eigenvalue weighted by molar-refractivity contribution is 14.0. The van der Waals surface area contributed by atoms with Crippen LogP contribution in [0.4, 0.5) is 5.82 Å². The zero-order chi connectivity index (χ0) is 20.1. The van der Waals surface area contributed by atoms with E-state index in [1.54, 1.807) is 6.20 Å². The summed E-state index contributed by atoms with van der Waals surface area (Å²) in [5.41, 5.74) is 1.02. The van der Waals surface area contributed by atoms with Gasteiger partial charge in [0.1, 0.15) is 5.82 Å². The molecule has 30 heavy (non-hydrogen) atoms. The highest BCUT2D eigenvalue weighted by Gasteiger charge is 2.25. The Morgan fingerprint density at radius 1 is 1.27 bits per heavy atom. The van der Waals surface area contributed by atoms with Gasteiger partial charge in [-0.2, -0.15) is 5.10 Å². The van der Waals surface area contributed by atoms with E-state index in [1.807, 2.05) is 12.1 Å². The monoisotopic (exact) mass is 543 g/mol. The molecule has 1 aliphatic carbocycles. The third kappa shape index (κ3) is 5.78. The molecule has 4 rings (SSSR count). The molecule has 0 bridgehead atoms. The van der Waals surface area contributed by atoms with Gasteiger partial charge in [-0.05, 0) is 44.4 Å². The molecule has 2 aliphatic rings. The zero-order valence-corrected chi connectivity index (χ0v) is 20.5. The van der Waals surface area contributed by atoms with Gasteiger partial charge in [0.15, 0.2) is 5.96 Å². The van der Waals surface area contributed by atoms with Gasteiger partial charge in [0.25, 0.3) is 0 Å². The zero-order valence-electron chi connectivity index (χ0n) is 17.4. The molecule has 2 N–H and O–H groups in total. The summed E-state index contributed by atoms with van der Waals surface area (Å²) in [4.78, 5) is 11.4. The van der Waals surface area contributed by atoms with E-state index < -0.39 is 0 Å². The number of nitrogens with one attached hydrogen (secondary N) is 2. The van der Waals surface area contributed by atoms with Crippen LogP contribution in [0.2, 0.25) is 5.02 Å². The molecule has 0 amide bonds. The van der Waals surface area contributed by atoms with Crippen LogP contribution in [0.25, 0.3) is 0 Å². The minimum Gasteiger partial charge on any atom is -0.357 e. The van der Waals surface area contributed by atoms with Crippen molar-refractivity contribution in [3.8, 4) is 0 Å². The van der Waals surface area contributed by atoms with Crippen molar-refractivity contribution in [2.24, 2.45) is 4.99 Å². The highest BCUT2D eigenvalue weighted by atomic mass is 127. The van der Waals surface area contributed by atoms with Gasteiger partial charge in [-0.3, -0.25) is 4.68 Å². The van der Waals surface area contributed by atoms with Crippen molar-refractivity contribution >= 4 is 47.4 Å².